The molecule has 0 spiro atoms. The Kier molecular flexibility index (Phi) is 5.02. The quantitative estimate of drug-likeness (QED) is 0.604. The van der Waals surface area contributed by atoms with Crippen molar-refractivity contribution in [2.75, 3.05) is 17.7 Å². The van der Waals surface area contributed by atoms with Crippen LogP contribution in [0.3, 0.4) is 0 Å². The summed E-state index contributed by atoms with van der Waals surface area (Å²) in [6, 6.07) is 17.3. The monoisotopic (exact) mass is 283 g/mol. The summed E-state index contributed by atoms with van der Waals surface area (Å²) < 4.78 is 0. The predicted octanol–water partition coefficient (Wildman–Crippen LogP) is 4.24. The Labute approximate surface area is 124 Å². The van der Waals surface area contributed by atoms with Gasteiger partial charge in [-0.2, -0.15) is 0 Å². The summed E-state index contributed by atoms with van der Waals surface area (Å²) in [5.74, 6) is -0.0104. The van der Waals surface area contributed by atoms with E-state index in [9.17, 15) is 4.79 Å². The molecule has 0 saturated heterocycles. The molecule has 102 valence electrons. The predicted molar refractivity (Wildman–Crippen MR) is 86.5 cm³/mol. The van der Waals surface area contributed by atoms with Gasteiger partial charge in [-0.05, 0) is 42.7 Å². The van der Waals surface area contributed by atoms with Gasteiger partial charge in [0, 0.05) is 22.7 Å². The molecule has 0 N–H and O–H groups in total. The summed E-state index contributed by atoms with van der Waals surface area (Å²) in [5, 5.41) is 0. The number of rotatable bonds is 5. The Morgan fingerprint density at radius 3 is 2.35 bits per heavy atom. The van der Waals surface area contributed by atoms with Gasteiger partial charge in [0.2, 0.25) is 0 Å². The maximum atomic E-state index is 12.6. The Hall–Kier alpha value is -2.00. The normalized spacial score (nSPS) is 10.1. The van der Waals surface area contributed by atoms with Crippen LogP contribution < -0.4 is 4.90 Å². The molecule has 2 aromatic carbocycles. The summed E-state index contributed by atoms with van der Waals surface area (Å²) in [6.45, 7) is 4.23. The van der Waals surface area contributed by atoms with Crippen LogP contribution in [-0.4, -0.2) is 18.7 Å². The topological polar surface area (TPSA) is 20.3 Å². The van der Waals surface area contributed by atoms with Crippen LogP contribution in [0.4, 0.5) is 5.69 Å². The second kappa shape index (κ2) is 6.96. The molecule has 0 aliphatic carbocycles. The molecule has 3 heteroatoms. The highest BCUT2D eigenvalue weighted by Crippen LogP contribution is 2.19. The summed E-state index contributed by atoms with van der Waals surface area (Å²) in [7, 11) is 0. The lowest BCUT2D eigenvalue weighted by Gasteiger charge is -2.21. The second-order valence-corrected chi connectivity index (χ2v) is 5.15. The minimum atomic E-state index is -0.0104. The lowest BCUT2D eigenvalue weighted by molar-refractivity contribution is 0.0989. The maximum absolute atomic E-state index is 12.6. The molecular formula is C17H17NOS. The highest BCUT2D eigenvalue weighted by molar-refractivity contribution is 7.98. The molecule has 0 aliphatic rings. The minimum absolute atomic E-state index is 0.0104. The van der Waals surface area contributed by atoms with E-state index in [-0.39, 0.29) is 5.91 Å². The number of carbonyl (C=O) groups excluding carboxylic acids is 1. The van der Waals surface area contributed by atoms with Crippen LogP contribution in [0.25, 0.3) is 0 Å². The van der Waals surface area contributed by atoms with Gasteiger partial charge in [0.25, 0.3) is 5.91 Å². The van der Waals surface area contributed by atoms with Crippen LogP contribution in [0.1, 0.15) is 10.4 Å². The molecule has 0 saturated carbocycles. The zero-order valence-electron chi connectivity index (χ0n) is 11.5. The number of hydrogen-bond acceptors (Lipinski definition) is 2. The van der Waals surface area contributed by atoms with Gasteiger partial charge in [-0.1, -0.05) is 24.3 Å². The fraction of sp³-hybridized carbons (Fsp3) is 0.118. The van der Waals surface area contributed by atoms with Gasteiger partial charge in [0.1, 0.15) is 0 Å². The van der Waals surface area contributed by atoms with Crippen molar-refractivity contribution < 1.29 is 4.79 Å². The zero-order valence-corrected chi connectivity index (χ0v) is 12.3. The molecule has 2 rings (SSSR count). The number of nitrogens with zero attached hydrogens (tertiary/aromatic N) is 1. The van der Waals surface area contributed by atoms with E-state index < -0.39 is 0 Å². The molecule has 0 bridgehead atoms. The number of carbonyl (C=O) groups is 1. The second-order valence-electron chi connectivity index (χ2n) is 4.27. The van der Waals surface area contributed by atoms with Gasteiger partial charge in [0.15, 0.2) is 0 Å². The minimum Gasteiger partial charge on any atom is -0.305 e. The number of thioether (sulfide) groups is 1. The third-order valence-corrected chi connectivity index (χ3v) is 3.71. The van der Waals surface area contributed by atoms with E-state index in [2.05, 4.69) is 6.58 Å². The fourth-order valence-electron chi connectivity index (χ4n) is 1.93. The number of hydrogen-bond donors (Lipinski definition) is 0. The first-order valence-corrected chi connectivity index (χ1v) is 7.60. The number of amides is 1. The third kappa shape index (κ3) is 3.31. The van der Waals surface area contributed by atoms with E-state index in [1.54, 1.807) is 22.7 Å². The SMILES string of the molecule is C=CCN(C(=O)c1ccc(SC)cc1)c1ccccc1. The molecule has 0 unspecified atom stereocenters. The van der Waals surface area contributed by atoms with Crippen molar-refractivity contribution in [1.29, 1.82) is 0 Å². The molecule has 0 heterocycles. The van der Waals surface area contributed by atoms with Crippen LogP contribution >= 0.6 is 11.8 Å². The molecule has 20 heavy (non-hydrogen) atoms. The van der Waals surface area contributed by atoms with Crippen LogP contribution in [0.5, 0.6) is 0 Å². The molecule has 0 atom stereocenters. The van der Waals surface area contributed by atoms with Crippen molar-refractivity contribution in [2.24, 2.45) is 0 Å². The average molecular weight is 283 g/mol. The van der Waals surface area contributed by atoms with Gasteiger partial charge < -0.3 is 4.90 Å². The van der Waals surface area contributed by atoms with E-state index >= 15 is 0 Å². The van der Waals surface area contributed by atoms with Crippen molar-refractivity contribution >= 4 is 23.4 Å². The fourth-order valence-corrected chi connectivity index (χ4v) is 2.34. The van der Waals surface area contributed by atoms with Crippen molar-refractivity contribution in [3.63, 3.8) is 0 Å². The summed E-state index contributed by atoms with van der Waals surface area (Å²) >= 11 is 1.66. The van der Waals surface area contributed by atoms with E-state index in [1.165, 1.54) is 0 Å². The Balaban J connectivity index is 2.28. The largest absolute Gasteiger partial charge is 0.305 e. The molecule has 2 aromatic rings. The van der Waals surface area contributed by atoms with Crippen LogP contribution in [0.2, 0.25) is 0 Å². The third-order valence-electron chi connectivity index (χ3n) is 2.96. The van der Waals surface area contributed by atoms with Gasteiger partial charge in [-0.25, -0.2) is 0 Å². The van der Waals surface area contributed by atoms with E-state index in [0.717, 1.165) is 10.6 Å². The molecular weight excluding hydrogens is 266 g/mol. The summed E-state index contributed by atoms with van der Waals surface area (Å²) in [4.78, 5) is 15.5. The van der Waals surface area contributed by atoms with Crippen molar-refractivity contribution in [2.45, 2.75) is 4.90 Å². The van der Waals surface area contributed by atoms with E-state index in [4.69, 9.17) is 0 Å². The lowest BCUT2D eigenvalue weighted by Crippen LogP contribution is -2.30. The molecule has 0 fully saturated rings. The van der Waals surface area contributed by atoms with Gasteiger partial charge in [-0.3, -0.25) is 4.79 Å². The van der Waals surface area contributed by atoms with E-state index in [1.807, 2.05) is 60.9 Å². The van der Waals surface area contributed by atoms with Gasteiger partial charge >= 0.3 is 0 Å². The van der Waals surface area contributed by atoms with Gasteiger partial charge in [-0.15, -0.1) is 18.3 Å². The van der Waals surface area contributed by atoms with E-state index in [0.29, 0.717) is 12.1 Å². The summed E-state index contributed by atoms with van der Waals surface area (Å²) in [6.07, 6.45) is 3.76. The number of benzene rings is 2. The van der Waals surface area contributed by atoms with Crippen molar-refractivity contribution in [3.05, 3.63) is 72.8 Å². The average Bonchev–Trinajstić information content (AvgIpc) is 2.53. The first-order valence-electron chi connectivity index (χ1n) is 6.38. The molecule has 1 amide bonds. The Morgan fingerprint density at radius 1 is 1.15 bits per heavy atom. The first kappa shape index (κ1) is 14.4. The number of para-hydroxylation sites is 1. The van der Waals surface area contributed by atoms with Crippen molar-refractivity contribution in [3.8, 4) is 0 Å². The molecule has 2 nitrogen and oxygen atoms in total. The first-order chi connectivity index (χ1) is 9.76. The number of anilines is 1. The summed E-state index contributed by atoms with van der Waals surface area (Å²) in [5.41, 5.74) is 1.57. The standard InChI is InChI=1S/C17H17NOS/c1-3-13-18(15-7-5-4-6-8-15)17(19)14-9-11-16(20-2)12-10-14/h3-12H,1,13H2,2H3. The molecule has 0 aliphatic heterocycles. The highest BCUT2D eigenvalue weighted by Gasteiger charge is 2.16. The molecule has 0 aromatic heterocycles. The highest BCUT2D eigenvalue weighted by atomic mass is 32.2. The smallest absolute Gasteiger partial charge is 0.258 e. The molecule has 0 radical (unpaired) electrons. The van der Waals surface area contributed by atoms with Gasteiger partial charge in [0.05, 0.1) is 0 Å². The maximum Gasteiger partial charge on any atom is 0.258 e. The Bertz CT molecular complexity index is 578. The van der Waals surface area contributed by atoms with Crippen LogP contribution in [0, 0.1) is 0 Å². The van der Waals surface area contributed by atoms with Crippen molar-refractivity contribution in [1.82, 2.24) is 0 Å². The Morgan fingerprint density at radius 2 is 1.80 bits per heavy atom. The van der Waals surface area contributed by atoms with Crippen LogP contribution in [0.15, 0.2) is 72.1 Å². The zero-order chi connectivity index (χ0) is 14.4. The lowest BCUT2D eigenvalue weighted by atomic mass is 10.2. The van der Waals surface area contributed by atoms with Crippen LogP contribution in [-0.2, 0) is 0 Å².